The van der Waals surface area contributed by atoms with Gasteiger partial charge in [-0.05, 0) is 31.4 Å². The zero-order valence-corrected chi connectivity index (χ0v) is 37.5. The van der Waals surface area contributed by atoms with Crippen LogP contribution in [0.2, 0.25) is 0 Å². The number of piperidine rings is 1. The summed E-state index contributed by atoms with van der Waals surface area (Å²) in [5, 5.41) is 58.2. The van der Waals surface area contributed by atoms with Crippen LogP contribution in [0.4, 0.5) is 0 Å². The lowest BCUT2D eigenvalue weighted by molar-refractivity contribution is -0.161. The average molecular weight is 862 g/mol. The molecule has 4 heterocycles. The summed E-state index contributed by atoms with van der Waals surface area (Å²) in [6.07, 6.45) is 4.01. The van der Waals surface area contributed by atoms with Gasteiger partial charge < -0.3 is 49.4 Å². The van der Waals surface area contributed by atoms with Crippen molar-refractivity contribution in [3.63, 3.8) is 0 Å². The third-order valence-corrected chi connectivity index (χ3v) is 13.2. The van der Waals surface area contributed by atoms with Crippen LogP contribution in [0.5, 0.6) is 17.2 Å². The van der Waals surface area contributed by atoms with Crippen molar-refractivity contribution in [3.8, 4) is 17.2 Å². The van der Waals surface area contributed by atoms with Gasteiger partial charge in [0.1, 0.15) is 23.4 Å². The number of allylic oxidation sites excluding steroid dienone is 3. The maximum atomic E-state index is 14.7. The second-order valence-electron chi connectivity index (χ2n) is 18.2. The van der Waals surface area contributed by atoms with Gasteiger partial charge in [0, 0.05) is 100 Å². The molecule has 62 heavy (non-hydrogen) atoms. The Bertz CT molecular complexity index is 2310. The van der Waals surface area contributed by atoms with E-state index in [1.165, 1.54) is 33.3 Å². The van der Waals surface area contributed by atoms with Crippen LogP contribution in [0.15, 0.2) is 46.1 Å². The molecule has 4 aliphatic heterocycles. The smallest absolute Gasteiger partial charge is 0.312 e. The summed E-state index contributed by atoms with van der Waals surface area (Å²) in [5.41, 5.74) is -0.241. The number of benzene rings is 2. The molecular formula is C47H63N3O12. The number of nitrogens with zero attached hydrogens (tertiary/aromatic N) is 3. The quantitative estimate of drug-likeness (QED) is 0.270. The topological polar surface area (TPSA) is 217 Å². The number of ether oxygens (including phenoxy) is 4. The number of Topliss-reactive ketones (excluding diaryl/α,β-unsaturated/α-hetero) is 2. The van der Waals surface area contributed by atoms with Crippen LogP contribution in [-0.2, 0) is 30.2 Å². The van der Waals surface area contributed by atoms with Crippen LogP contribution in [0.1, 0.15) is 89.7 Å². The third-order valence-electron chi connectivity index (χ3n) is 13.2. The number of hydrogen-bond acceptors (Lipinski definition) is 15. The SMILES string of the molecule is COC1C=COC2(C)Oc3c(C)c(O)c4c(O)c(c5c(c4c3C2=O)=NC2(CCN(CC(C)C)CC2)N=5)CC(=O)/C(C)=C/C=CC(C)C(O)C(CO)C(O)C(C)C(OC(C)=O)C1C. The van der Waals surface area contributed by atoms with Crippen LogP contribution in [-0.4, -0.2) is 117 Å². The van der Waals surface area contributed by atoms with Crippen LogP contribution in [0.25, 0.3) is 10.8 Å². The van der Waals surface area contributed by atoms with Gasteiger partial charge >= 0.3 is 11.8 Å². The number of methoxy groups -OCH3 is 1. The highest BCUT2D eigenvalue weighted by Crippen LogP contribution is 2.49. The highest BCUT2D eigenvalue weighted by Gasteiger charge is 2.50. The predicted molar refractivity (Wildman–Crippen MR) is 229 cm³/mol. The summed E-state index contributed by atoms with van der Waals surface area (Å²) in [6.45, 7) is 17.0. The number of fused-ring (bicyclic) bond motifs is 1. The number of rotatable bonds is 5. The minimum absolute atomic E-state index is 0.0451. The Balaban J connectivity index is 1.54. The van der Waals surface area contributed by atoms with Gasteiger partial charge in [-0.25, -0.2) is 0 Å². The van der Waals surface area contributed by atoms with Crippen LogP contribution in [0.3, 0.4) is 0 Å². The Kier molecular flexibility index (Phi) is 13.7. The van der Waals surface area contributed by atoms with Gasteiger partial charge in [0.15, 0.2) is 11.4 Å². The number of likely N-dealkylation sites (tertiary alicyclic amines) is 1. The van der Waals surface area contributed by atoms with Crippen molar-refractivity contribution in [3.05, 3.63) is 63.5 Å². The Labute approximate surface area is 362 Å². The second-order valence-corrected chi connectivity index (χ2v) is 18.2. The molecule has 0 amide bonds. The van der Waals surface area contributed by atoms with E-state index in [0.717, 1.165) is 6.54 Å². The molecule has 1 fully saturated rings. The maximum Gasteiger partial charge on any atom is 0.312 e. The second kappa shape index (κ2) is 18.2. The van der Waals surface area contributed by atoms with E-state index in [2.05, 4.69) is 18.7 Å². The molecule has 4 aliphatic rings. The van der Waals surface area contributed by atoms with Crippen molar-refractivity contribution in [1.29, 1.82) is 0 Å². The number of aliphatic hydroxyl groups is 3. The molecule has 1 spiro atoms. The first kappa shape index (κ1) is 46.8. The first-order valence-corrected chi connectivity index (χ1v) is 21.6. The van der Waals surface area contributed by atoms with E-state index in [-0.39, 0.29) is 61.9 Å². The molecule has 15 heteroatoms. The number of aliphatic hydroxyl groups excluding tert-OH is 3. The summed E-state index contributed by atoms with van der Waals surface area (Å²) in [5.74, 6) is -6.92. The summed E-state index contributed by atoms with van der Waals surface area (Å²) >= 11 is 0. The average Bonchev–Trinajstić information content (AvgIpc) is 3.72. The van der Waals surface area contributed by atoms with Crippen molar-refractivity contribution < 1.29 is 58.9 Å². The lowest BCUT2D eigenvalue weighted by atomic mass is 9.78. The van der Waals surface area contributed by atoms with Gasteiger partial charge in [0.05, 0.1) is 52.8 Å². The molecular weight excluding hydrogens is 799 g/mol. The van der Waals surface area contributed by atoms with E-state index in [1.54, 1.807) is 52.8 Å². The Morgan fingerprint density at radius 1 is 0.984 bits per heavy atom. The monoisotopic (exact) mass is 861 g/mol. The van der Waals surface area contributed by atoms with Crippen LogP contribution < -0.4 is 15.5 Å². The zero-order valence-electron chi connectivity index (χ0n) is 37.5. The number of hydrogen-bond donors (Lipinski definition) is 5. The molecule has 4 bridgehead atoms. The first-order chi connectivity index (χ1) is 29.2. The molecule has 5 N–H and O–H groups in total. The largest absolute Gasteiger partial charge is 0.507 e. The highest BCUT2D eigenvalue weighted by atomic mass is 16.7. The van der Waals surface area contributed by atoms with Gasteiger partial charge in [-0.2, -0.15) is 0 Å². The summed E-state index contributed by atoms with van der Waals surface area (Å²) in [7, 11) is 1.44. The van der Waals surface area contributed by atoms with E-state index in [4.69, 9.17) is 28.9 Å². The minimum Gasteiger partial charge on any atom is -0.507 e. The fourth-order valence-corrected chi connectivity index (χ4v) is 9.45. The van der Waals surface area contributed by atoms with E-state index in [1.807, 2.05) is 0 Å². The van der Waals surface area contributed by atoms with E-state index in [9.17, 15) is 39.9 Å². The molecule has 0 aromatic heterocycles. The molecule has 6 rings (SSSR count). The highest BCUT2D eigenvalue weighted by molar-refractivity contribution is 6.18. The summed E-state index contributed by atoms with van der Waals surface area (Å²) in [4.78, 5) is 53.9. The molecule has 2 aromatic carbocycles. The zero-order chi connectivity index (χ0) is 45.6. The number of carbonyl (C=O) groups is 3. The molecule has 1 saturated heterocycles. The lowest BCUT2D eigenvalue weighted by Crippen LogP contribution is -2.48. The van der Waals surface area contributed by atoms with Crippen LogP contribution in [0, 0.1) is 36.5 Å². The van der Waals surface area contributed by atoms with Crippen molar-refractivity contribution in [2.45, 2.75) is 117 Å². The fourth-order valence-electron chi connectivity index (χ4n) is 9.45. The lowest BCUT2D eigenvalue weighted by Gasteiger charge is -2.38. The molecule has 338 valence electrons. The summed E-state index contributed by atoms with van der Waals surface area (Å²) < 4.78 is 23.9. The van der Waals surface area contributed by atoms with Crippen molar-refractivity contribution in [2.75, 3.05) is 33.4 Å². The van der Waals surface area contributed by atoms with E-state index < -0.39 is 83.6 Å². The van der Waals surface area contributed by atoms with Crippen molar-refractivity contribution in [2.24, 2.45) is 39.6 Å². The molecule has 2 aromatic rings. The number of esters is 1. The predicted octanol–water partition coefficient (Wildman–Crippen LogP) is 3.89. The van der Waals surface area contributed by atoms with Crippen molar-refractivity contribution in [1.82, 2.24) is 4.90 Å². The standard InChI is InChI=1S/C47H63N3O12/c1-23(2)21-50-17-15-47(16-18-50)48-37-30-20-32(53)24(3)12-11-13-25(4)39(54)31(22-51)40(55)27(6)43(61-29(8)52)26(5)33(59-10)14-19-60-46(9)45(58)36-34(38(37)49-47)35(42(30)57)41(56)28(7)44(36)62-46/h11-14,19,23,25-27,31,33,39-40,43,51,54-57H,15-18,20-22H2,1-10H3/b13-11?,19-14?,24-12+. The van der Waals surface area contributed by atoms with Gasteiger partial charge in [-0.3, -0.25) is 24.4 Å². The molecule has 9 atom stereocenters. The molecule has 0 aliphatic carbocycles. The first-order valence-electron chi connectivity index (χ1n) is 21.6. The van der Waals surface area contributed by atoms with Crippen LogP contribution >= 0.6 is 0 Å². The Morgan fingerprint density at radius 3 is 2.26 bits per heavy atom. The van der Waals surface area contributed by atoms with Crippen molar-refractivity contribution >= 4 is 28.3 Å². The molecule has 0 saturated carbocycles. The number of ketones is 2. The normalized spacial score (nSPS) is 31.4. The maximum absolute atomic E-state index is 14.7. The van der Waals surface area contributed by atoms with Gasteiger partial charge in [-0.1, -0.05) is 52.8 Å². The molecule has 9 unspecified atom stereocenters. The third kappa shape index (κ3) is 8.66. The number of carbonyl (C=O) groups excluding carboxylic acids is 3. The Hall–Kier alpha value is -4.67. The number of phenols is 2. The molecule has 15 nitrogen and oxygen atoms in total. The number of phenolic OH excluding ortho intramolecular Hbond substituents is 2. The number of aromatic hydroxyl groups is 2. The fraction of sp³-hybridized carbons (Fsp3) is 0.596. The molecule has 0 radical (unpaired) electrons. The van der Waals surface area contributed by atoms with Gasteiger partial charge in [0.25, 0.3) is 5.78 Å². The Morgan fingerprint density at radius 2 is 1.65 bits per heavy atom. The van der Waals surface area contributed by atoms with Gasteiger partial charge in [-0.15, -0.1) is 0 Å². The van der Waals surface area contributed by atoms with E-state index in [0.29, 0.717) is 37.4 Å². The summed E-state index contributed by atoms with van der Waals surface area (Å²) in [6, 6.07) is 0. The minimum atomic E-state index is -1.97. The van der Waals surface area contributed by atoms with Gasteiger partial charge in [0.2, 0.25) is 0 Å². The van der Waals surface area contributed by atoms with E-state index >= 15 is 0 Å².